The summed E-state index contributed by atoms with van der Waals surface area (Å²) >= 11 is 0. The molecule has 1 aliphatic carbocycles. The zero-order valence-electron chi connectivity index (χ0n) is 12.2. The Morgan fingerprint density at radius 3 is 2.90 bits per heavy atom. The predicted octanol–water partition coefficient (Wildman–Crippen LogP) is 2.32. The van der Waals surface area contributed by atoms with Crippen molar-refractivity contribution in [2.45, 2.75) is 44.2 Å². The summed E-state index contributed by atoms with van der Waals surface area (Å²) in [7, 11) is 0. The zero-order valence-corrected chi connectivity index (χ0v) is 12.2. The normalized spacial score (nSPS) is 20.1. The minimum atomic E-state index is -0.225. The van der Waals surface area contributed by atoms with Gasteiger partial charge in [0.15, 0.2) is 0 Å². The van der Waals surface area contributed by atoms with E-state index in [1.807, 2.05) is 11.0 Å². The van der Waals surface area contributed by atoms with Gasteiger partial charge < -0.3 is 15.6 Å². The molecule has 0 radical (unpaired) electrons. The highest BCUT2D eigenvalue weighted by atomic mass is 16.2. The molecule has 0 bridgehead atoms. The summed E-state index contributed by atoms with van der Waals surface area (Å²) in [4.78, 5) is 18.0. The number of aromatic amines is 1. The minimum absolute atomic E-state index is 0.216. The van der Waals surface area contributed by atoms with Gasteiger partial charge >= 0.3 is 0 Å². The lowest BCUT2D eigenvalue weighted by atomic mass is 9.75. The third kappa shape index (κ3) is 2.14. The maximum absolute atomic E-state index is 12.5. The van der Waals surface area contributed by atoms with E-state index in [2.05, 4.69) is 23.2 Å². The number of hydrogen-bond donors (Lipinski definition) is 2. The summed E-state index contributed by atoms with van der Waals surface area (Å²) in [5.74, 6) is 0.216. The first kappa shape index (κ1) is 12.9. The Hall–Kier alpha value is -1.81. The first-order valence-corrected chi connectivity index (χ1v) is 7.80. The van der Waals surface area contributed by atoms with Crippen molar-refractivity contribution in [3.05, 3.63) is 35.5 Å². The van der Waals surface area contributed by atoms with E-state index in [4.69, 9.17) is 5.73 Å². The van der Waals surface area contributed by atoms with Crippen LogP contribution in [0.15, 0.2) is 24.3 Å². The number of carbonyl (C=O) groups excluding carboxylic acids is 1. The second kappa shape index (κ2) is 4.60. The molecule has 4 rings (SSSR count). The molecule has 1 aromatic heterocycles. The van der Waals surface area contributed by atoms with E-state index < -0.39 is 0 Å². The molecule has 3 N–H and O–H groups in total. The molecule has 0 unspecified atom stereocenters. The number of fused-ring (bicyclic) bond motifs is 3. The van der Waals surface area contributed by atoms with Gasteiger partial charge in [-0.25, -0.2) is 0 Å². The number of aromatic nitrogens is 1. The highest BCUT2D eigenvalue weighted by Crippen LogP contribution is 2.34. The molecule has 0 spiro atoms. The molecule has 0 atom stereocenters. The number of nitrogens with zero attached hydrogens (tertiary/aromatic N) is 1. The highest BCUT2D eigenvalue weighted by Gasteiger charge is 2.36. The predicted molar refractivity (Wildman–Crippen MR) is 82.8 cm³/mol. The monoisotopic (exact) mass is 283 g/mol. The van der Waals surface area contributed by atoms with Crippen LogP contribution in [-0.4, -0.2) is 27.9 Å². The molecule has 1 amide bonds. The topological polar surface area (TPSA) is 62.1 Å². The Kier molecular flexibility index (Phi) is 2.82. The van der Waals surface area contributed by atoms with Crippen molar-refractivity contribution in [3.63, 3.8) is 0 Å². The lowest BCUT2D eigenvalue weighted by Gasteiger charge is -2.39. The minimum Gasteiger partial charge on any atom is -0.358 e. The molecule has 1 aromatic carbocycles. The molecule has 0 saturated heterocycles. The van der Waals surface area contributed by atoms with Gasteiger partial charge in [-0.15, -0.1) is 0 Å². The van der Waals surface area contributed by atoms with Crippen LogP contribution >= 0.6 is 0 Å². The molecule has 2 aliphatic rings. The standard InChI is InChI=1S/C17H21N3O/c18-17(7-3-8-17)10-16(21)20-9-6-15-13(11-20)12-4-1-2-5-14(12)19-15/h1-2,4-5,19H,3,6-11,18H2. The summed E-state index contributed by atoms with van der Waals surface area (Å²) in [6.45, 7) is 1.52. The second-order valence-electron chi connectivity index (χ2n) is 6.59. The van der Waals surface area contributed by atoms with Crippen molar-refractivity contribution in [2.75, 3.05) is 6.54 Å². The molecule has 110 valence electrons. The number of benzene rings is 1. The van der Waals surface area contributed by atoms with Crippen LogP contribution in [-0.2, 0) is 17.8 Å². The molecule has 1 aliphatic heterocycles. The molecule has 1 fully saturated rings. The van der Waals surface area contributed by atoms with Gasteiger partial charge in [0.05, 0.1) is 0 Å². The Morgan fingerprint density at radius 1 is 1.33 bits per heavy atom. The summed E-state index contributed by atoms with van der Waals surface area (Å²) < 4.78 is 0. The van der Waals surface area contributed by atoms with Crippen molar-refractivity contribution in [3.8, 4) is 0 Å². The van der Waals surface area contributed by atoms with Crippen LogP contribution in [0.5, 0.6) is 0 Å². The molecule has 21 heavy (non-hydrogen) atoms. The number of nitrogens with one attached hydrogen (secondary N) is 1. The van der Waals surface area contributed by atoms with Crippen molar-refractivity contribution in [1.29, 1.82) is 0 Å². The maximum atomic E-state index is 12.5. The number of para-hydroxylation sites is 1. The van der Waals surface area contributed by atoms with Crippen LogP contribution in [0.3, 0.4) is 0 Å². The number of carbonyl (C=O) groups is 1. The van der Waals surface area contributed by atoms with Crippen LogP contribution in [0.25, 0.3) is 10.9 Å². The fourth-order valence-corrected chi connectivity index (χ4v) is 3.60. The van der Waals surface area contributed by atoms with Gasteiger partial charge in [-0.1, -0.05) is 18.2 Å². The average Bonchev–Trinajstić information content (AvgIpc) is 2.83. The van der Waals surface area contributed by atoms with E-state index in [0.717, 1.165) is 32.2 Å². The zero-order chi connectivity index (χ0) is 14.4. The first-order chi connectivity index (χ1) is 10.1. The van der Waals surface area contributed by atoms with E-state index in [-0.39, 0.29) is 11.4 Å². The van der Waals surface area contributed by atoms with Crippen molar-refractivity contribution < 1.29 is 4.79 Å². The quantitative estimate of drug-likeness (QED) is 0.888. The Morgan fingerprint density at radius 2 is 2.14 bits per heavy atom. The Labute approximate surface area is 124 Å². The molecule has 4 heteroatoms. The van der Waals surface area contributed by atoms with E-state index in [1.165, 1.54) is 22.2 Å². The SMILES string of the molecule is NC1(CC(=O)N2CCc3[nH]c4ccccc4c3C2)CCC1. The van der Waals surface area contributed by atoms with Crippen LogP contribution in [0.2, 0.25) is 0 Å². The molecule has 2 heterocycles. The summed E-state index contributed by atoms with van der Waals surface area (Å²) in [5, 5.41) is 1.25. The molecule has 2 aromatic rings. The van der Waals surface area contributed by atoms with Crippen molar-refractivity contribution in [2.24, 2.45) is 5.73 Å². The van der Waals surface area contributed by atoms with E-state index in [9.17, 15) is 4.79 Å². The summed E-state index contributed by atoms with van der Waals surface area (Å²) in [6.07, 6.45) is 4.56. The number of H-pyrrole nitrogens is 1. The van der Waals surface area contributed by atoms with Gasteiger partial charge in [0, 0.05) is 53.6 Å². The highest BCUT2D eigenvalue weighted by molar-refractivity contribution is 5.86. The van der Waals surface area contributed by atoms with Crippen LogP contribution in [0, 0.1) is 0 Å². The van der Waals surface area contributed by atoms with Crippen LogP contribution in [0.1, 0.15) is 36.9 Å². The summed E-state index contributed by atoms with van der Waals surface area (Å²) in [5.41, 5.74) is 9.74. The molecule has 1 saturated carbocycles. The number of nitrogens with two attached hydrogens (primary N) is 1. The van der Waals surface area contributed by atoms with Crippen LogP contribution < -0.4 is 5.73 Å². The van der Waals surface area contributed by atoms with Gasteiger partial charge in [-0.3, -0.25) is 4.79 Å². The van der Waals surface area contributed by atoms with Gasteiger partial charge in [0.25, 0.3) is 0 Å². The van der Waals surface area contributed by atoms with Gasteiger partial charge in [0.1, 0.15) is 0 Å². The third-order valence-electron chi connectivity index (χ3n) is 5.09. The smallest absolute Gasteiger partial charge is 0.224 e. The number of hydrogen-bond acceptors (Lipinski definition) is 2. The summed E-state index contributed by atoms with van der Waals surface area (Å²) in [6, 6.07) is 8.33. The van der Waals surface area contributed by atoms with Gasteiger partial charge in [-0.2, -0.15) is 0 Å². The lowest BCUT2D eigenvalue weighted by Crippen LogP contribution is -2.51. The fraction of sp³-hybridized carbons (Fsp3) is 0.471. The van der Waals surface area contributed by atoms with E-state index in [0.29, 0.717) is 13.0 Å². The van der Waals surface area contributed by atoms with E-state index in [1.54, 1.807) is 0 Å². The molecular weight excluding hydrogens is 262 g/mol. The largest absolute Gasteiger partial charge is 0.358 e. The Balaban J connectivity index is 1.57. The Bertz CT molecular complexity index is 699. The van der Waals surface area contributed by atoms with E-state index >= 15 is 0 Å². The van der Waals surface area contributed by atoms with Gasteiger partial charge in [-0.05, 0) is 25.3 Å². The third-order valence-corrected chi connectivity index (χ3v) is 5.09. The average molecular weight is 283 g/mol. The van der Waals surface area contributed by atoms with Crippen LogP contribution in [0.4, 0.5) is 0 Å². The van der Waals surface area contributed by atoms with Gasteiger partial charge in [0.2, 0.25) is 5.91 Å². The number of amides is 1. The molecular formula is C17H21N3O. The first-order valence-electron chi connectivity index (χ1n) is 7.80. The molecule has 4 nitrogen and oxygen atoms in total. The fourth-order valence-electron chi connectivity index (χ4n) is 3.60. The number of rotatable bonds is 2. The second-order valence-corrected chi connectivity index (χ2v) is 6.59. The maximum Gasteiger partial charge on any atom is 0.224 e. The lowest BCUT2D eigenvalue weighted by molar-refractivity contribution is -0.134. The van der Waals surface area contributed by atoms with Crippen molar-refractivity contribution >= 4 is 16.8 Å². The van der Waals surface area contributed by atoms with Crippen molar-refractivity contribution in [1.82, 2.24) is 9.88 Å².